The second-order valence-corrected chi connectivity index (χ2v) is 6.86. The van der Waals surface area contributed by atoms with Crippen molar-refractivity contribution in [1.82, 2.24) is 19.8 Å². The first-order valence-electron chi connectivity index (χ1n) is 8.80. The Labute approximate surface area is 143 Å². The first-order valence-corrected chi connectivity index (χ1v) is 8.80. The van der Waals surface area contributed by atoms with E-state index in [1.54, 1.807) is 6.07 Å². The lowest BCUT2D eigenvalue weighted by molar-refractivity contribution is 0.0136. The number of nitrogens with zero attached hydrogens (tertiary/aromatic N) is 4. The summed E-state index contributed by atoms with van der Waals surface area (Å²) in [6.45, 7) is 9.05. The van der Waals surface area contributed by atoms with Gasteiger partial charge in [0.25, 0.3) is 5.91 Å². The van der Waals surface area contributed by atoms with Crippen molar-refractivity contribution >= 4 is 11.9 Å². The number of piperazine rings is 1. The number of hydrogen-bond donors (Lipinski definition) is 1. The molecule has 0 radical (unpaired) electrons. The van der Waals surface area contributed by atoms with Crippen molar-refractivity contribution in [2.24, 2.45) is 0 Å². The summed E-state index contributed by atoms with van der Waals surface area (Å²) in [5, 5.41) is 0. The Bertz CT molecular complexity index is 578. The number of aromatic nitrogens is 2. The molecule has 2 fully saturated rings. The molecule has 2 aliphatic rings. The van der Waals surface area contributed by atoms with Gasteiger partial charge in [-0.05, 0) is 24.8 Å². The van der Waals surface area contributed by atoms with Gasteiger partial charge in [0, 0.05) is 51.1 Å². The molecule has 3 rings (SSSR count). The maximum atomic E-state index is 12.8. The predicted octanol–water partition coefficient (Wildman–Crippen LogP) is 1.12. The summed E-state index contributed by atoms with van der Waals surface area (Å²) in [6.07, 6.45) is 2.18. The van der Waals surface area contributed by atoms with Crippen molar-refractivity contribution < 1.29 is 9.53 Å². The smallest absolute Gasteiger partial charge is 0.272 e. The maximum Gasteiger partial charge on any atom is 0.272 e. The molecule has 0 aromatic carbocycles. The molecule has 2 aliphatic heterocycles. The minimum Gasteiger partial charge on any atom is -0.381 e. The second-order valence-electron chi connectivity index (χ2n) is 6.86. The minimum atomic E-state index is -0.0439. The molecular formula is C17H27N5O2. The van der Waals surface area contributed by atoms with E-state index in [1.165, 1.54) is 0 Å². The third-order valence-electron chi connectivity index (χ3n) is 4.88. The van der Waals surface area contributed by atoms with Crippen LogP contribution in [0.25, 0.3) is 0 Å². The van der Waals surface area contributed by atoms with Crippen molar-refractivity contribution in [2.45, 2.75) is 38.6 Å². The quantitative estimate of drug-likeness (QED) is 0.892. The summed E-state index contributed by atoms with van der Waals surface area (Å²) in [4.78, 5) is 25.5. The number of rotatable bonds is 3. The topological polar surface area (TPSA) is 84.6 Å². The predicted molar refractivity (Wildman–Crippen MR) is 91.9 cm³/mol. The molecule has 132 valence electrons. The van der Waals surface area contributed by atoms with Crippen LogP contribution in [0.4, 0.5) is 5.95 Å². The van der Waals surface area contributed by atoms with Crippen molar-refractivity contribution in [1.29, 1.82) is 0 Å². The molecule has 0 saturated carbocycles. The fourth-order valence-electron chi connectivity index (χ4n) is 3.39. The number of anilines is 1. The molecule has 7 heteroatoms. The lowest BCUT2D eigenvalue weighted by atomic mass is 10.1. The van der Waals surface area contributed by atoms with Gasteiger partial charge in [-0.1, -0.05) is 13.8 Å². The molecule has 7 nitrogen and oxygen atoms in total. The fraction of sp³-hybridized carbons (Fsp3) is 0.706. The van der Waals surface area contributed by atoms with E-state index in [0.29, 0.717) is 11.7 Å². The third-order valence-corrected chi connectivity index (χ3v) is 4.88. The van der Waals surface area contributed by atoms with Gasteiger partial charge in [0.15, 0.2) is 0 Å². The number of carbonyl (C=O) groups excluding carboxylic acids is 1. The van der Waals surface area contributed by atoms with Crippen molar-refractivity contribution in [3.8, 4) is 0 Å². The van der Waals surface area contributed by atoms with Crippen LogP contribution in [0.2, 0.25) is 0 Å². The van der Waals surface area contributed by atoms with E-state index in [-0.39, 0.29) is 17.8 Å². The molecule has 24 heavy (non-hydrogen) atoms. The average molecular weight is 333 g/mol. The number of carbonyl (C=O) groups is 1. The summed E-state index contributed by atoms with van der Waals surface area (Å²) in [6, 6.07) is 2.37. The Morgan fingerprint density at radius 2 is 1.88 bits per heavy atom. The average Bonchev–Trinajstić information content (AvgIpc) is 2.61. The van der Waals surface area contributed by atoms with E-state index in [4.69, 9.17) is 10.5 Å². The molecule has 0 unspecified atom stereocenters. The summed E-state index contributed by atoms with van der Waals surface area (Å²) < 4.78 is 5.43. The van der Waals surface area contributed by atoms with Crippen LogP contribution in [0.1, 0.15) is 48.8 Å². The van der Waals surface area contributed by atoms with Gasteiger partial charge in [0.1, 0.15) is 5.69 Å². The Kier molecular flexibility index (Phi) is 5.30. The van der Waals surface area contributed by atoms with Gasteiger partial charge in [-0.3, -0.25) is 9.69 Å². The van der Waals surface area contributed by atoms with Crippen LogP contribution in [0.15, 0.2) is 6.07 Å². The van der Waals surface area contributed by atoms with Gasteiger partial charge < -0.3 is 15.4 Å². The highest BCUT2D eigenvalue weighted by Crippen LogP contribution is 2.19. The van der Waals surface area contributed by atoms with Crippen LogP contribution in [-0.2, 0) is 4.74 Å². The Balaban J connectivity index is 1.62. The van der Waals surface area contributed by atoms with Crippen LogP contribution in [-0.4, -0.2) is 71.1 Å². The normalized spacial score (nSPS) is 20.5. The summed E-state index contributed by atoms with van der Waals surface area (Å²) in [5.41, 5.74) is 6.99. The highest BCUT2D eigenvalue weighted by atomic mass is 16.5. The molecule has 1 amide bonds. The Morgan fingerprint density at radius 3 is 2.50 bits per heavy atom. The number of nitrogen functional groups attached to an aromatic ring is 1. The van der Waals surface area contributed by atoms with Gasteiger partial charge in [-0.15, -0.1) is 0 Å². The minimum absolute atomic E-state index is 0.0439. The van der Waals surface area contributed by atoms with E-state index in [9.17, 15) is 4.79 Å². The van der Waals surface area contributed by atoms with Crippen LogP contribution < -0.4 is 5.73 Å². The number of amides is 1. The highest BCUT2D eigenvalue weighted by Gasteiger charge is 2.28. The molecule has 1 aromatic rings. The van der Waals surface area contributed by atoms with Crippen molar-refractivity contribution in [2.75, 3.05) is 45.1 Å². The van der Waals surface area contributed by atoms with Gasteiger partial charge in [0.05, 0.1) is 0 Å². The number of ether oxygens (including phenoxy) is 1. The monoisotopic (exact) mass is 333 g/mol. The van der Waals surface area contributed by atoms with E-state index in [1.807, 2.05) is 18.7 Å². The van der Waals surface area contributed by atoms with Crippen LogP contribution in [0.5, 0.6) is 0 Å². The zero-order chi connectivity index (χ0) is 17.1. The molecule has 0 spiro atoms. The Hall–Kier alpha value is -1.73. The maximum absolute atomic E-state index is 12.8. The Morgan fingerprint density at radius 1 is 1.21 bits per heavy atom. The first-order chi connectivity index (χ1) is 11.5. The molecule has 3 heterocycles. The van der Waals surface area contributed by atoms with E-state index in [0.717, 1.165) is 57.9 Å². The van der Waals surface area contributed by atoms with Gasteiger partial charge in [0.2, 0.25) is 5.95 Å². The van der Waals surface area contributed by atoms with Crippen LogP contribution >= 0.6 is 0 Å². The molecule has 0 atom stereocenters. The zero-order valence-electron chi connectivity index (χ0n) is 14.6. The van der Waals surface area contributed by atoms with E-state index in [2.05, 4.69) is 14.9 Å². The summed E-state index contributed by atoms with van der Waals surface area (Å²) >= 11 is 0. The lowest BCUT2D eigenvalue weighted by Gasteiger charge is -2.40. The van der Waals surface area contributed by atoms with Gasteiger partial charge in [-0.25, -0.2) is 9.97 Å². The van der Waals surface area contributed by atoms with E-state index < -0.39 is 0 Å². The molecule has 0 aliphatic carbocycles. The highest BCUT2D eigenvalue weighted by molar-refractivity contribution is 5.92. The summed E-state index contributed by atoms with van der Waals surface area (Å²) in [7, 11) is 0. The van der Waals surface area contributed by atoms with Crippen molar-refractivity contribution in [3.05, 3.63) is 17.5 Å². The molecule has 2 saturated heterocycles. The molecule has 0 bridgehead atoms. The lowest BCUT2D eigenvalue weighted by Crippen LogP contribution is -2.53. The second kappa shape index (κ2) is 7.44. The molecule has 2 N–H and O–H groups in total. The van der Waals surface area contributed by atoms with Gasteiger partial charge >= 0.3 is 0 Å². The zero-order valence-corrected chi connectivity index (χ0v) is 14.6. The summed E-state index contributed by atoms with van der Waals surface area (Å²) in [5.74, 6) is 0.343. The largest absolute Gasteiger partial charge is 0.381 e. The van der Waals surface area contributed by atoms with Crippen LogP contribution in [0.3, 0.4) is 0 Å². The fourth-order valence-corrected chi connectivity index (χ4v) is 3.39. The standard InChI is InChI=1S/C17H27N5O2/c1-12(2)14-11-15(20-17(18)19-14)16(23)22-7-5-21(6-8-22)13-3-9-24-10-4-13/h11-13H,3-10H2,1-2H3,(H2,18,19,20). The van der Waals surface area contributed by atoms with Gasteiger partial charge in [-0.2, -0.15) is 0 Å². The first kappa shape index (κ1) is 17.1. The molecular weight excluding hydrogens is 306 g/mol. The third kappa shape index (κ3) is 3.84. The number of nitrogens with two attached hydrogens (primary N) is 1. The number of hydrogen-bond acceptors (Lipinski definition) is 6. The van der Waals surface area contributed by atoms with Crippen molar-refractivity contribution in [3.63, 3.8) is 0 Å². The molecule has 1 aromatic heterocycles. The van der Waals surface area contributed by atoms with Crippen LogP contribution in [0, 0.1) is 0 Å². The SMILES string of the molecule is CC(C)c1cc(C(=O)N2CCN(C3CCOCC3)CC2)nc(N)n1. The van der Waals surface area contributed by atoms with E-state index >= 15 is 0 Å².